The lowest BCUT2D eigenvalue weighted by molar-refractivity contribution is -0.118. The monoisotopic (exact) mass is 257 g/mol. The van der Waals surface area contributed by atoms with Crippen molar-refractivity contribution in [3.63, 3.8) is 0 Å². The Morgan fingerprint density at radius 3 is 2.37 bits per heavy atom. The number of benzene rings is 1. The summed E-state index contributed by atoms with van der Waals surface area (Å²) >= 11 is 0. The normalized spacial score (nSPS) is 37.8. The van der Waals surface area contributed by atoms with Gasteiger partial charge in [-0.05, 0) is 67.2 Å². The lowest BCUT2D eigenvalue weighted by atomic mass is 10.0. The molecule has 0 aromatic heterocycles. The van der Waals surface area contributed by atoms with E-state index >= 15 is 0 Å². The highest BCUT2D eigenvalue weighted by atomic mass is 16.5. The Balaban J connectivity index is 1.42. The number of carbonyl (C=O) groups is 1. The third-order valence-corrected chi connectivity index (χ3v) is 5.40. The van der Waals surface area contributed by atoms with E-state index in [0.717, 1.165) is 23.3 Å². The van der Waals surface area contributed by atoms with Crippen LogP contribution in [0.1, 0.15) is 19.3 Å². The molecule has 1 amide bonds. The molecule has 4 rings (SSSR count). The van der Waals surface area contributed by atoms with Crippen molar-refractivity contribution in [2.75, 3.05) is 12.4 Å². The van der Waals surface area contributed by atoms with Crippen molar-refractivity contribution in [3.05, 3.63) is 24.3 Å². The van der Waals surface area contributed by atoms with Crippen LogP contribution in [0.2, 0.25) is 0 Å². The van der Waals surface area contributed by atoms with Gasteiger partial charge in [-0.25, -0.2) is 0 Å². The summed E-state index contributed by atoms with van der Waals surface area (Å²) in [4.78, 5) is 12.3. The van der Waals surface area contributed by atoms with Gasteiger partial charge in [0.15, 0.2) is 0 Å². The smallest absolute Gasteiger partial charge is 0.228 e. The number of fused-ring (bicyclic) bond motifs is 5. The first kappa shape index (κ1) is 11.3. The summed E-state index contributed by atoms with van der Waals surface area (Å²) in [7, 11) is 1.65. The summed E-state index contributed by atoms with van der Waals surface area (Å²) in [6.45, 7) is 0. The molecule has 1 N–H and O–H groups in total. The predicted molar refractivity (Wildman–Crippen MR) is 72.9 cm³/mol. The van der Waals surface area contributed by atoms with E-state index in [9.17, 15) is 4.79 Å². The van der Waals surface area contributed by atoms with E-state index in [1.807, 2.05) is 24.3 Å². The minimum absolute atomic E-state index is 0.233. The molecule has 100 valence electrons. The van der Waals surface area contributed by atoms with Gasteiger partial charge in [-0.3, -0.25) is 4.79 Å². The van der Waals surface area contributed by atoms with Gasteiger partial charge in [0.25, 0.3) is 0 Å². The van der Waals surface area contributed by atoms with Crippen LogP contribution in [0.15, 0.2) is 24.3 Å². The van der Waals surface area contributed by atoms with Crippen LogP contribution in [0.3, 0.4) is 0 Å². The number of hydrogen-bond acceptors (Lipinski definition) is 2. The maximum atomic E-state index is 12.3. The Hall–Kier alpha value is -1.51. The van der Waals surface area contributed by atoms with Crippen LogP contribution in [0.5, 0.6) is 5.75 Å². The van der Waals surface area contributed by atoms with Crippen LogP contribution in [0.25, 0.3) is 0 Å². The molecule has 0 heterocycles. The molecule has 1 aromatic carbocycles. The summed E-state index contributed by atoms with van der Waals surface area (Å²) in [5.74, 6) is 4.46. The van der Waals surface area contributed by atoms with Crippen LogP contribution in [-0.2, 0) is 4.79 Å². The maximum Gasteiger partial charge on any atom is 0.228 e. The minimum atomic E-state index is 0.233. The SMILES string of the molecule is COc1ccc(NC(=O)C2[C@@H]3[C@H]4CC[C@@H](C4)[C@H]23)cc1. The average Bonchev–Trinajstić information content (AvgIpc) is 2.89. The Labute approximate surface area is 113 Å². The van der Waals surface area contributed by atoms with Crippen molar-refractivity contribution in [2.24, 2.45) is 29.6 Å². The van der Waals surface area contributed by atoms with Crippen LogP contribution < -0.4 is 10.1 Å². The third-order valence-electron chi connectivity index (χ3n) is 5.40. The van der Waals surface area contributed by atoms with Gasteiger partial charge in [-0.15, -0.1) is 0 Å². The average molecular weight is 257 g/mol. The minimum Gasteiger partial charge on any atom is -0.497 e. The molecule has 19 heavy (non-hydrogen) atoms. The van der Waals surface area contributed by atoms with E-state index in [1.54, 1.807) is 7.11 Å². The zero-order valence-corrected chi connectivity index (χ0v) is 11.1. The predicted octanol–water partition coefficient (Wildman–Crippen LogP) is 2.93. The van der Waals surface area contributed by atoms with Gasteiger partial charge >= 0.3 is 0 Å². The second-order valence-corrected chi connectivity index (χ2v) is 6.23. The quantitative estimate of drug-likeness (QED) is 0.904. The highest BCUT2D eigenvalue weighted by Gasteiger charge is 2.67. The lowest BCUT2D eigenvalue weighted by Crippen LogP contribution is -2.18. The largest absolute Gasteiger partial charge is 0.497 e. The summed E-state index contributed by atoms with van der Waals surface area (Å²) in [6.07, 6.45) is 4.11. The Morgan fingerprint density at radius 2 is 1.79 bits per heavy atom. The van der Waals surface area contributed by atoms with E-state index < -0.39 is 0 Å². The zero-order valence-electron chi connectivity index (χ0n) is 11.1. The molecule has 1 aromatic rings. The number of ether oxygens (including phenoxy) is 1. The molecule has 3 aliphatic rings. The van der Waals surface area contributed by atoms with Gasteiger partial charge in [-0.2, -0.15) is 0 Å². The van der Waals surface area contributed by atoms with E-state index in [2.05, 4.69) is 5.32 Å². The van der Waals surface area contributed by atoms with Crippen molar-refractivity contribution in [1.29, 1.82) is 0 Å². The second-order valence-electron chi connectivity index (χ2n) is 6.23. The first-order chi connectivity index (χ1) is 9.28. The molecule has 0 aliphatic heterocycles. The zero-order chi connectivity index (χ0) is 13.0. The Bertz CT molecular complexity index is 494. The van der Waals surface area contributed by atoms with Crippen LogP contribution >= 0.6 is 0 Å². The maximum absolute atomic E-state index is 12.3. The molecule has 3 saturated carbocycles. The van der Waals surface area contributed by atoms with Crippen molar-refractivity contribution in [3.8, 4) is 5.75 Å². The Morgan fingerprint density at radius 1 is 1.16 bits per heavy atom. The fraction of sp³-hybridized carbons (Fsp3) is 0.562. The molecule has 0 saturated heterocycles. The summed E-state index contributed by atoms with van der Waals surface area (Å²) < 4.78 is 5.12. The van der Waals surface area contributed by atoms with Gasteiger partial charge in [-0.1, -0.05) is 0 Å². The molecule has 1 unspecified atom stereocenters. The first-order valence-corrected chi connectivity index (χ1v) is 7.23. The number of anilines is 1. The van der Waals surface area contributed by atoms with E-state index in [0.29, 0.717) is 17.8 Å². The number of hydrogen-bond donors (Lipinski definition) is 1. The molecule has 3 nitrogen and oxygen atoms in total. The van der Waals surface area contributed by atoms with E-state index in [1.165, 1.54) is 19.3 Å². The highest BCUT2D eigenvalue weighted by Crippen LogP contribution is 2.69. The molecule has 3 fully saturated rings. The van der Waals surface area contributed by atoms with Gasteiger partial charge < -0.3 is 10.1 Å². The van der Waals surface area contributed by atoms with Crippen molar-refractivity contribution in [2.45, 2.75) is 19.3 Å². The van der Waals surface area contributed by atoms with Crippen LogP contribution in [0.4, 0.5) is 5.69 Å². The molecule has 2 bridgehead atoms. The van der Waals surface area contributed by atoms with Gasteiger partial charge in [0.1, 0.15) is 5.75 Å². The second kappa shape index (κ2) is 3.99. The third kappa shape index (κ3) is 1.67. The molecular formula is C16H19NO2. The van der Waals surface area contributed by atoms with Gasteiger partial charge in [0.2, 0.25) is 5.91 Å². The first-order valence-electron chi connectivity index (χ1n) is 7.23. The van der Waals surface area contributed by atoms with Crippen molar-refractivity contribution < 1.29 is 9.53 Å². The molecule has 3 heteroatoms. The molecule has 3 aliphatic carbocycles. The molecular weight excluding hydrogens is 238 g/mol. The fourth-order valence-corrected chi connectivity index (χ4v) is 4.58. The Kier molecular flexibility index (Phi) is 2.38. The van der Waals surface area contributed by atoms with Crippen LogP contribution in [-0.4, -0.2) is 13.0 Å². The lowest BCUT2D eigenvalue weighted by Gasteiger charge is -2.10. The summed E-state index contributed by atoms with van der Waals surface area (Å²) in [5.41, 5.74) is 0.878. The van der Waals surface area contributed by atoms with E-state index in [4.69, 9.17) is 4.74 Å². The van der Waals surface area contributed by atoms with Crippen molar-refractivity contribution in [1.82, 2.24) is 0 Å². The number of nitrogens with one attached hydrogen (secondary N) is 1. The van der Waals surface area contributed by atoms with Gasteiger partial charge in [0.05, 0.1) is 7.11 Å². The van der Waals surface area contributed by atoms with Crippen molar-refractivity contribution >= 4 is 11.6 Å². The van der Waals surface area contributed by atoms with E-state index in [-0.39, 0.29) is 5.91 Å². The topological polar surface area (TPSA) is 38.3 Å². The molecule has 0 radical (unpaired) electrons. The fourth-order valence-electron chi connectivity index (χ4n) is 4.58. The summed E-state index contributed by atoms with van der Waals surface area (Å²) in [6, 6.07) is 7.58. The molecule has 5 atom stereocenters. The van der Waals surface area contributed by atoms with Gasteiger partial charge in [0, 0.05) is 11.6 Å². The standard InChI is InChI=1S/C16H19NO2/c1-19-12-6-4-11(5-7-12)17-16(18)15-13-9-2-3-10(8-9)14(13)15/h4-7,9-10,13-15H,2-3,8H2,1H3,(H,17,18)/t9-,10-,13-,14+,15?/m0/s1. The number of methoxy groups -OCH3 is 1. The molecule has 0 spiro atoms. The highest BCUT2D eigenvalue weighted by molar-refractivity contribution is 5.95. The number of amides is 1. The van der Waals surface area contributed by atoms with Crippen LogP contribution in [0, 0.1) is 29.6 Å². The summed E-state index contributed by atoms with van der Waals surface area (Å²) in [5, 5.41) is 3.06. The number of carbonyl (C=O) groups excluding carboxylic acids is 1. The number of rotatable bonds is 3.